The molecule has 1 aromatic carbocycles. The van der Waals surface area contributed by atoms with Crippen molar-refractivity contribution in [3.63, 3.8) is 0 Å². The van der Waals surface area contributed by atoms with E-state index in [1.807, 2.05) is 18.2 Å². The van der Waals surface area contributed by atoms with Crippen LogP contribution >= 0.6 is 0 Å². The van der Waals surface area contributed by atoms with Crippen molar-refractivity contribution in [2.45, 2.75) is 36.0 Å². The van der Waals surface area contributed by atoms with Crippen molar-refractivity contribution in [2.24, 2.45) is 0 Å². The van der Waals surface area contributed by atoms with Gasteiger partial charge in [-0.1, -0.05) is 0 Å². The molecule has 0 aromatic heterocycles. The van der Waals surface area contributed by atoms with Gasteiger partial charge in [-0.05, 0) is 0 Å². The molecule has 0 fully saturated rings. The van der Waals surface area contributed by atoms with Gasteiger partial charge in [0.05, 0.1) is 0 Å². The van der Waals surface area contributed by atoms with Crippen LogP contribution in [0.15, 0.2) is 24.3 Å². The SMILES string of the molecule is C[CH2][Ge]1([CH2]C)[CH2]Cc2ccccc2[C]1=O. The van der Waals surface area contributed by atoms with Gasteiger partial charge in [0.15, 0.2) is 0 Å². The summed E-state index contributed by atoms with van der Waals surface area (Å²) in [5, 5.41) is 3.52. The minimum absolute atomic E-state index is 0.557. The maximum atomic E-state index is 12.5. The fraction of sp³-hybridized carbons (Fsp3) is 0.462. The second kappa shape index (κ2) is 4.13. The Labute approximate surface area is 94.2 Å². The van der Waals surface area contributed by atoms with Crippen LogP contribution in [0.1, 0.15) is 29.8 Å². The Morgan fingerprint density at radius 1 is 1.20 bits per heavy atom. The topological polar surface area (TPSA) is 17.1 Å². The van der Waals surface area contributed by atoms with Crippen LogP contribution in [0, 0.1) is 0 Å². The van der Waals surface area contributed by atoms with Gasteiger partial charge in [-0.3, -0.25) is 0 Å². The van der Waals surface area contributed by atoms with Gasteiger partial charge in [0.1, 0.15) is 0 Å². The quantitative estimate of drug-likeness (QED) is 0.746. The number of benzene rings is 1. The summed E-state index contributed by atoms with van der Waals surface area (Å²) in [6.45, 7) is 4.44. The van der Waals surface area contributed by atoms with Crippen LogP contribution in [0.2, 0.25) is 15.8 Å². The van der Waals surface area contributed by atoms with Crippen molar-refractivity contribution < 1.29 is 4.79 Å². The molecule has 15 heavy (non-hydrogen) atoms. The Morgan fingerprint density at radius 3 is 2.53 bits per heavy atom. The van der Waals surface area contributed by atoms with Gasteiger partial charge in [-0.15, -0.1) is 0 Å². The first-order chi connectivity index (χ1) is 7.23. The number of aryl methyl sites for hydroxylation is 1. The first kappa shape index (κ1) is 10.9. The molecule has 0 N–H and O–H groups in total. The molecular weight excluding hydrogens is 245 g/mol. The van der Waals surface area contributed by atoms with Gasteiger partial charge in [-0.25, -0.2) is 0 Å². The fourth-order valence-electron chi connectivity index (χ4n) is 2.66. The summed E-state index contributed by atoms with van der Waals surface area (Å²) in [5.41, 5.74) is 2.33. The second-order valence-electron chi connectivity index (χ2n) is 4.47. The zero-order valence-corrected chi connectivity index (χ0v) is 11.6. The van der Waals surface area contributed by atoms with E-state index in [4.69, 9.17) is 0 Å². The molecule has 1 aliphatic heterocycles. The van der Waals surface area contributed by atoms with E-state index in [0.29, 0.717) is 4.62 Å². The van der Waals surface area contributed by atoms with Gasteiger partial charge in [0.25, 0.3) is 0 Å². The van der Waals surface area contributed by atoms with Crippen LogP contribution in [0.5, 0.6) is 0 Å². The molecule has 1 aliphatic rings. The van der Waals surface area contributed by atoms with Gasteiger partial charge in [0, 0.05) is 0 Å². The molecular formula is C13H18GeO. The van der Waals surface area contributed by atoms with Gasteiger partial charge >= 0.3 is 94.1 Å². The zero-order chi connectivity index (χ0) is 10.9. The van der Waals surface area contributed by atoms with Gasteiger partial charge in [-0.2, -0.15) is 0 Å². The first-order valence-electron chi connectivity index (χ1n) is 5.86. The van der Waals surface area contributed by atoms with Gasteiger partial charge < -0.3 is 0 Å². The third-order valence-electron chi connectivity index (χ3n) is 3.97. The minimum atomic E-state index is -2.17. The average molecular weight is 263 g/mol. The molecule has 1 heterocycles. The van der Waals surface area contributed by atoms with Crippen molar-refractivity contribution in [1.29, 1.82) is 0 Å². The normalized spacial score (nSPS) is 18.7. The van der Waals surface area contributed by atoms with Crippen LogP contribution in [0.25, 0.3) is 0 Å². The number of carbonyl (C=O) groups is 1. The number of hydrogen-bond acceptors (Lipinski definition) is 1. The summed E-state index contributed by atoms with van der Waals surface area (Å²) in [7, 11) is 0. The summed E-state index contributed by atoms with van der Waals surface area (Å²) in [6.07, 6.45) is 1.14. The number of carbonyl (C=O) groups excluding carboxylic acids is 1. The molecule has 0 aliphatic carbocycles. The van der Waals surface area contributed by atoms with E-state index < -0.39 is 13.3 Å². The van der Waals surface area contributed by atoms with E-state index in [-0.39, 0.29) is 0 Å². The maximum absolute atomic E-state index is 12.5. The first-order valence-corrected chi connectivity index (χ1v) is 11.4. The molecule has 1 aromatic rings. The van der Waals surface area contributed by atoms with Crippen LogP contribution in [0.3, 0.4) is 0 Å². The molecule has 0 spiro atoms. The molecule has 0 saturated heterocycles. The van der Waals surface area contributed by atoms with Crippen LogP contribution in [0.4, 0.5) is 0 Å². The van der Waals surface area contributed by atoms with Crippen molar-refractivity contribution in [2.75, 3.05) is 0 Å². The molecule has 0 amide bonds. The zero-order valence-electron chi connectivity index (χ0n) is 9.55. The third-order valence-corrected chi connectivity index (χ3v) is 14.8. The number of hydrogen-bond donors (Lipinski definition) is 0. The standard InChI is InChI=1S/C13H18GeO/c1-3-14(4-2)10-9-11-7-5-6-8-12(11)13(14)15/h5-8H,3-4,9-10H2,1-2H3. The molecule has 0 unspecified atom stereocenters. The summed E-state index contributed by atoms with van der Waals surface area (Å²) in [6, 6.07) is 8.19. The third kappa shape index (κ3) is 1.67. The van der Waals surface area contributed by atoms with E-state index in [9.17, 15) is 4.79 Å². The summed E-state index contributed by atoms with van der Waals surface area (Å²) >= 11 is -2.17. The van der Waals surface area contributed by atoms with Crippen molar-refractivity contribution in [1.82, 2.24) is 0 Å². The second-order valence-corrected chi connectivity index (χ2v) is 14.8. The fourth-order valence-corrected chi connectivity index (χ4v) is 10.3. The van der Waals surface area contributed by atoms with Crippen molar-refractivity contribution in [3.05, 3.63) is 35.4 Å². The molecule has 0 bridgehead atoms. The Kier molecular flexibility index (Phi) is 3.01. The predicted octanol–water partition coefficient (Wildman–Crippen LogP) is 3.45. The molecule has 0 radical (unpaired) electrons. The van der Waals surface area contributed by atoms with E-state index in [0.717, 1.165) is 22.5 Å². The Balaban J connectivity index is 2.45. The van der Waals surface area contributed by atoms with Crippen molar-refractivity contribution >= 4 is 17.9 Å². The molecule has 0 saturated carbocycles. The predicted molar refractivity (Wildman–Crippen MR) is 66.0 cm³/mol. The van der Waals surface area contributed by atoms with Gasteiger partial charge in [0.2, 0.25) is 0 Å². The van der Waals surface area contributed by atoms with Crippen LogP contribution in [-0.4, -0.2) is 17.9 Å². The summed E-state index contributed by atoms with van der Waals surface area (Å²) in [5.74, 6) is 0. The average Bonchev–Trinajstić information content (AvgIpc) is 2.31. The number of fused-ring (bicyclic) bond motifs is 1. The van der Waals surface area contributed by atoms with E-state index in [1.165, 1.54) is 10.8 Å². The molecule has 0 atom stereocenters. The Hall–Kier alpha value is -0.567. The van der Waals surface area contributed by atoms with Crippen molar-refractivity contribution in [3.8, 4) is 0 Å². The molecule has 2 heteroatoms. The number of rotatable bonds is 2. The van der Waals surface area contributed by atoms with E-state index in [2.05, 4.69) is 19.9 Å². The molecule has 2 rings (SSSR count). The van der Waals surface area contributed by atoms with E-state index >= 15 is 0 Å². The van der Waals surface area contributed by atoms with Crippen LogP contribution in [-0.2, 0) is 6.42 Å². The summed E-state index contributed by atoms with van der Waals surface area (Å²) < 4.78 is 0.557. The summed E-state index contributed by atoms with van der Waals surface area (Å²) in [4.78, 5) is 12.5. The Bertz CT molecular complexity index is 380. The van der Waals surface area contributed by atoms with Crippen LogP contribution < -0.4 is 0 Å². The molecule has 1 nitrogen and oxygen atoms in total. The molecule has 80 valence electrons. The Morgan fingerprint density at radius 2 is 1.87 bits per heavy atom. The monoisotopic (exact) mass is 264 g/mol. The van der Waals surface area contributed by atoms with E-state index in [1.54, 1.807) is 0 Å².